The van der Waals surface area contributed by atoms with E-state index in [1.807, 2.05) is 25.1 Å². The molecular weight excluding hydrogens is 450 g/mol. The van der Waals surface area contributed by atoms with Gasteiger partial charge in [0.25, 0.3) is 0 Å². The van der Waals surface area contributed by atoms with Gasteiger partial charge in [0, 0.05) is 49.3 Å². The third-order valence-electron chi connectivity index (χ3n) is 5.84. The second-order valence-electron chi connectivity index (χ2n) is 8.21. The largest absolute Gasteiger partial charge is 0.454 e. The van der Waals surface area contributed by atoms with Gasteiger partial charge in [0.1, 0.15) is 0 Å². The lowest BCUT2D eigenvalue weighted by Crippen LogP contribution is -2.48. The number of nitrogens with one attached hydrogen (secondary N) is 1. The topological polar surface area (TPSA) is 88.2 Å². The molecular formula is C22H25N3O5S2. The molecule has 8 nitrogen and oxygen atoms in total. The van der Waals surface area contributed by atoms with Crippen LogP contribution in [0.3, 0.4) is 0 Å². The summed E-state index contributed by atoms with van der Waals surface area (Å²) in [5.74, 6) is 1.43. The molecule has 0 saturated carbocycles. The van der Waals surface area contributed by atoms with Crippen molar-refractivity contribution in [1.29, 1.82) is 0 Å². The first-order valence-corrected chi connectivity index (χ1v) is 12.9. The van der Waals surface area contributed by atoms with E-state index in [0.717, 1.165) is 28.5 Å². The summed E-state index contributed by atoms with van der Waals surface area (Å²) in [5.41, 5.74) is 1.69. The number of fused-ring (bicyclic) bond motifs is 2. The maximum absolute atomic E-state index is 13.3. The number of carbonyl (C=O) groups is 1. The minimum Gasteiger partial charge on any atom is -0.454 e. The summed E-state index contributed by atoms with van der Waals surface area (Å²) in [6.45, 7) is 5.09. The van der Waals surface area contributed by atoms with E-state index in [1.54, 1.807) is 30.0 Å². The molecule has 2 aromatic rings. The van der Waals surface area contributed by atoms with E-state index in [4.69, 9.17) is 9.47 Å². The Balaban J connectivity index is 1.25. The van der Waals surface area contributed by atoms with Crippen molar-refractivity contribution in [1.82, 2.24) is 9.21 Å². The number of carbonyl (C=O) groups excluding carboxylic acids is 1. The standard InChI is InChI=1S/C22H25N3O5S2/c1-15-10-22(26)23-18-12-17(3-5-21(18)31-15)32(27,28)25-8-6-24(7-9-25)13-16-2-4-19-20(11-16)30-14-29-19/h2-5,11-12,15H,6-10,13-14H2,1H3,(H,23,26). The van der Waals surface area contributed by atoms with Crippen LogP contribution in [0.4, 0.5) is 5.69 Å². The number of hydrogen-bond donors (Lipinski definition) is 1. The van der Waals surface area contributed by atoms with E-state index in [9.17, 15) is 13.2 Å². The Morgan fingerprint density at radius 1 is 1.06 bits per heavy atom. The number of hydrogen-bond acceptors (Lipinski definition) is 7. The number of anilines is 1. The molecule has 3 aliphatic rings. The molecule has 32 heavy (non-hydrogen) atoms. The van der Waals surface area contributed by atoms with E-state index >= 15 is 0 Å². The van der Waals surface area contributed by atoms with E-state index in [0.29, 0.717) is 38.3 Å². The molecule has 1 saturated heterocycles. The predicted molar refractivity (Wildman–Crippen MR) is 122 cm³/mol. The molecule has 0 spiro atoms. The number of rotatable bonds is 4. The van der Waals surface area contributed by atoms with Crippen LogP contribution in [0, 0.1) is 0 Å². The fourth-order valence-corrected chi connectivity index (χ4v) is 6.67. The first kappa shape index (κ1) is 21.6. The van der Waals surface area contributed by atoms with Gasteiger partial charge in [-0.3, -0.25) is 9.69 Å². The number of ether oxygens (including phenoxy) is 2. The SMILES string of the molecule is CC1CC(=O)Nc2cc(S(=O)(=O)N3CCN(Cc4ccc5c(c4)OCO5)CC3)ccc2S1. The summed E-state index contributed by atoms with van der Waals surface area (Å²) in [4.78, 5) is 15.4. The van der Waals surface area contributed by atoms with Crippen molar-refractivity contribution >= 4 is 33.4 Å². The Morgan fingerprint density at radius 2 is 1.84 bits per heavy atom. The van der Waals surface area contributed by atoms with Crippen molar-refractivity contribution in [2.24, 2.45) is 0 Å². The number of nitrogens with zero attached hydrogens (tertiary/aromatic N) is 2. The maximum atomic E-state index is 13.3. The van der Waals surface area contributed by atoms with Crippen LogP contribution in [-0.4, -0.2) is 61.8 Å². The van der Waals surface area contributed by atoms with E-state index in [2.05, 4.69) is 10.2 Å². The molecule has 0 aliphatic carbocycles. The van der Waals surface area contributed by atoms with Crippen molar-refractivity contribution < 1.29 is 22.7 Å². The molecule has 0 bridgehead atoms. The predicted octanol–water partition coefficient (Wildman–Crippen LogP) is 2.74. The van der Waals surface area contributed by atoms with Crippen LogP contribution in [0.25, 0.3) is 0 Å². The number of piperazine rings is 1. The van der Waals surface area contributed by atoms with E-state index in [-0.39, 0.29) is 22.8 Å². The van der Waals surface area contributed by atoms with Gasteiger partial charge in [0.15, 0.2) is 11.5 Å². The zero-order valence-electron chi connectivity index (χ0n) is 17.7. The molecule has 1 N–H and O–H groups in total. The highest BCUT2D eigenvalue weighted by Crippen LogP contribution is 2.37. The average Bonchev–Trinajstić information content (AvgIpc) is 3.17. The summed E-state index contributed by atoms with van der Waals surface area (Å²) in [7, 11) is -3.63. The highest BCUT2D eigenvalue weighted by molar-refractivity contribution is 8.00. The highest BCUT2D eigenvalue weighted by atomic mass is 32.2. The van der Waals surface area contributed by atoms with Crippen molar-refractivity contribution in [3.05, 3.63) is 42.0 Å². The Kier molecular flexibility index (Phi) is 5.79. The summed E-state index contributed by atoms with van der Waals surface area (Å²) < 4.78 is 38.8. The lowest BCUT2D eigenvalue weighted by molar-refractivity contribution is -0.116. The van der Waals surface area contributed by atoms with Gasteiger partial charge < -0.3 is 14.8 Å². The van der Waals surface area contributed by atoms with Crippen molar-refractivity contribution in [2.45, 2.75) is 34.9 Å². The van der Waals surface area contributed by atoms with Gasteiger partial charge in [-0.05, 0) is 35.9 Å². The third kappa shape index (κ3) is 4.32. The Hall–Kier alpha value is -2.27. The van der Waals surface area contributed by atoms with Crippen LogP contribution < -0.4 is 14.8 Å². The maximum Gasteiger partial charge on any atom is 0.243 e. The second-order valence-corrected chi connectivity index (χ2v) is 11.6. The van der Waals surface area contributed by atoms with Crippen LogP contribution in [0.2, 0.25) is 0 Å². The minimum atomic E-state index is -3.63. The molecule has 170 valence electrons. The third-order valence-corrected chi connectivity index (χ3v) is 8.91. The number of amides is 1. The van der Waals surface area contributed by atoms with Crippen LogP contribution in [-0.2, 0) is 21.4 Å². The molecule has 1 unspecified atom stereocenters. The van der Waals surface area contributed by atoms with Crippen LogP contribution >= 0.6 is 11.8 Å². The van der Waals surface area contributed by atoms with Crippen molar-refractivity contribution in [2.75, 3.05) is 38.3 Å². The molecule has 3 heterocycles. The summed E-state index contributed by atoms with van der Waals surface area (Å²) in [6.07, 6.45) is 0.409. The minimum absolute atomic E-state index is 0.0876. The van der Waals surface area contributed by atoms with Crippen LogP contribution in [0.5, 0.6) is 11.5 Å². The van der Waals surface area contributed by atoms with Crippen molar-refractivity contribution in [3.63, 3.8) is 0 Å². The zero-order chi connectivity index (χ0) is 22.3. The Labute approximate surface area is 191 Å². The lowest BCUT2D eigenvalue weighted by atomic mass is 10.2. The number of benzene rings is 2. The Morgan fingerprint density at radius 3 is 2.66 bits per heavy atom. The molecule has 2 aromatic carbocycles. The van der Waals surface area contributed by atoms with Gasteiger partial charge in [-0.25, -0.2) is 8.42 Å². The second kappa shape index (κ2) is 8.58. The molecule has 1 amide bonds. The first-order valence-electron chi connectivity index (χ1n) is 10.6. The van der Waals surface area contributed by atoms with Crippen molar-refractivity contribution in [3.8, 4) is 11.5 Å². The fourth-order valence-electron chi connectivity index (χ4n) is 4.17. The first-order chi connectivity index (χ1) is 15.4. The van der Waals surface area contributed by atoms with Gasteiger partial charge in [-0.15, -0.1) is 11.8 Å². The highest BCUT2D eigenvalue weighted by Gasteiger charge is 2.30. The monoisotopic (exact) mass is 475 g/mol. The molecule has 10 heteroatoms. The zero-order valence-corrected chi connectivity index (χ0v) is 19.4. The summed E-state index contributed by atoms with van der Waals surface area (Å²) in [5, 5.41) is 3.00. The summed E-state index contributed by atoms with van der Waals surface area (Å²) in [6, 6.07) is 10.9. The Bertz CT molecular complexity index is 1150. The van der Waals surface area contributed by atoms with Gasteiger partial charge in [-0.2, -0.15) is 4.31 Å². The van der Waals surface area contributed by atoms with Gasteiger partial charge >= 0.3 is 0 Å². The number of thioether (sulfide) groups is 1. The number of sulfonamides is 1. The molecule has 1 atom stereocenters. The smallest absolute Gasteiger partial charge is 0.243 e. The van der Waals surface area contributed by atoms with Crippen LogP contribution in [0.1, 0.15) is 18.9 Å². The molecule has 5 rings (SSSR count). The van der Waals surface area contributed by atoms with E-state index < -0.39 is 10.0 Å². The molecule has 3 aliphatic heterocycles. The molecule has 1 fully saturated rings. The van der Waals surface area contributed by atoms with E-state index in [1.165, 1.54) is 4.31 Å². The van der Waals surface area contributed by atoms with Gasteiger partial charge in [-0.1, -0.05) is 13.0 Å². The van der Waals surface area contributed by atoms with Gasteiger partial charge in [0.05, 0.1) is 10.6 Å². The average molecular weight is 476 g/mol. The molecule has 0 radical (unpaired) electrons. The van der Waals surface area contributed by atoms with Crippen LogP contribution in [0.15, 0.2) is 46.2 Å². The normalized spacial score (nSPS) is 21.7. The van der Waals surface area contributed by atoms with Gasteiger partial charge in [0.2, 0.25) is 22.7 Å². The quantitative estimate of drug-likeness (QED) is 0.727. The fraction of sp³-hybridized carbons (Fsp3) is 0.409. The summed E-state index contributed by atoms with van der Waals surface area (Å²) >= 11 is 1.58. The lowest BCUT2D eigenvalue weighted by Gasteiger charge is -2.34. The molecule has 0 aromatic heterocycles.